The molecule has 4 rings (SSSR count). The number of carbonyl (C=O) groups is 3. The van der Waals surface area contributed by atoms with Crippen LogP contribution in [0.5, 0.6) is 0 Å². The first-order valence-electron chi connectivity index (χ1n) is 11.1. The molecule has 0 bridgehead atoms. The van der Waals surface area contributed by atoms with Gasteiger partial charge >= 0.3 is 6.03 Å². The highest BCUT2D eigenvalue weighted by atomic mass is 16.2. The van der Waals surface area contributed by atoms with Crippen molar-refractivity contribution in [1.82, 2.24) is 15.1 Å². The molecule has 0 saturated carbocycles. The van der Waals surface area contributed by atoms with E-state index in [2.05, 4.69) is 5.32 Å². The Bertz CT molecular complexity index is 924. The van der Waals surface area contributed by atoms with E-state index in [9.17, 15) is 14.4 Å². The summed E-state index contributed by atoms with van der Waals surface area (Å²) in [6.07, 6.45) is 5.69. The third kappa shape index (κ3) is 4.48. The second-order valence-corrected chi connectivity index (χ2v) is 8.40. The smallest absolute Gasteiger partial charge is 0.325 e. The fourth-order valence-electron chi connectivity index (χ4n) is 4.54. The van der Waals surface area contributed by atoms with Gasteiger partial charge < -0.3 is 10.2 Å². The van der Waals surface area contributed by atoms with Gasteiger partial charge in [-0.05, 0) is 24.0 Å². The molecule has 31 heavy (non-hydrogen) atoms. The first-order valence-corrected chi connectivity index (χ1v) is 11.1. The molecule has 2 saturated heterocycles. The minimum atomic E-state index is -1.21. The minimum Gasteiger partial charge on any atom is -0.341 e. The zero-order valence-electron chi connectivity index (χ0n) is 17.8. The number of benzene rings is 2. The highest BCUT2D eigenvalue weighted by molar-refractivity contribution is 6.09. The molecule has 2 heterocycles. The quantitative estimate of drug-likeness (QED) is 0.755. The summed E-state index contributed by atoms with van der Waals surface area (Å²) in [6, 6.07) is 18.4. The van der Waals surface area contributed by atoms with Gasteiger partial charge in [0.1, 0.15) is 6.54 Å². The Labute approximate surface area is 183 Å². The van der Waals surface area contributed by atoms with Crippen molar-refractivity contribution >= 4 is 17.8 Å². The molecule has 0 aromatic heterocycles. The summed E-state index contributed by atoms with van der Waals surface area (Å²) in [7, 11) is 0. The van der Waals surface area contributed by atoms with Gasteiger partial charge in [-0.2, -0.15) is 0 Å². The number of imide groups is 1. The Kier molecular flexibility index (Phi) is 6.35. The molecule has 4 amide bonds. The van der Waals surface area contributed by atoms with Crippen LogP contribution in [0, 0.1) is 0 Å². The van der Waals surface area contributed by atoms with Crippen LogP contribution in [0.15, 0.2) is 60.7 Å². The maximum Gasteiger partial charge on any atom is 0.325 e. The van der Waals surface area contributed by atoms with Gasteiger partial charge in [-0.25, -0.2) is 4.79 Å². The maximum atomic E-state index is 13.7. The van der Waals surface area contributed by atoms with E-state index >= 15 is 0 Å². The van der Waals surface area contributed by atoms with E-state index in [1.807, 2.05) is 60.7 Å². The van der Waals surface area contributed by atoms with Gasteiger partial charge in [-0.1, -0.05) is 79.9 Å². The lowest BCUT2D eigenvalue weighted by Crippen LogP contribution is -2.47. The molecule has 0 radical (unpaired) electrons. The first-order chi connectivity index (χ1) is 15.1. The average molecular weight is 420 g/mol. The highest BCUT2D eigenvalue weighted by Gasteiger charge is 2.52. The summed E-state index contributed by atoms with van der Waals surface area (Å²) >= 11 is 0. The predicted octanol–water partition coefficient (Wildman–Crippen LogP) is 3.47. The van der Waals surface area contributed by atoms with Gasteiger partial charge in [0.2, 0.25) is 5.91 Å². The normalized spacial score (nSPS) is 22.1. The van der Waals surface area contributed by atoms with Crippen molar-refractivity contribution in [2.24, 2.45) is 0 Å². The molecule has 0 aliphatic carbocycles. The molecule has 2 aromatic rings. The Hall–Kier alpha value is -3.15. The standard InChI is InChI=1S/C25H29N3O3/c29-22(27-16-10-2-1-3-11-17-27)19-28-23(30)25(26-24(28)31,21-14-8-5-9-15-21)18-20-12-6-4-7-13-20/h4-9,12-15H,1-3,10-11,16-19H2,(H,26,31)/t25-/m0/s1. The van der Waals surface area contributed by atoms with Crippen molar-refractivity contribution in [3.8, 4) is 0 Å². The van der Waals surface area contributed by atoms with Crippen LogP contribution in [-0.2, 0) is 21.5 Å². The molecule has 162 valence electrons. The number of likely N-dealkylation sites (tertiary alicyclic amines) is 1. The summed E-state index contributed by atoms with van der Waals surface area (Å²) in [5.41, 5.74) is 0.450. The molecule has 6 heteroatoms. The fourth-order valence-corrected chi connectivity index (χ4v) is 4.54. The van der Waals surface area contributed by atoms with E-state index in [4.69, 9.17) is 0 Å². The number of nitrogens with zero attached hydrogens (tertiary/aromatic N) is 2. The number of urea groups is 1. The summed E-state index contributed by atoms with van der Waals surface area (Å²) in [6.45, 7) is 1.17. The third-order valence-electron chi connectivity index (χ3n) is 6.26. The number of nitrogens with one attached hydrogen (secondary N) is 1. The van der Waals surface area contributed by atoms with Crippen LogP contribution >= 0.6 is 0 Å². The van der Waals surface area contributed by atoms with Crippen LogP contribution < -0.4 is 5.32 Å². The maximum absolute atomic E-state index is 13.7. The number of rotatable bonds is 5. The second kappa shape index (κ2) is 9.33. The largest absolute Gasteiger partial charge is 0.341 e. The van der Waals surface area contributed by atoms with E-state index in [0.29, 0.717) is 19.5 Å². The lowest BCUT2D eigenvalue weighted by Gasteiger charge is -2.28. The van der Waals surface area contributed by atoms with E-state index in [1.165, 1.54) is 6.42 Å². The lowest BCUT2D eigenvalue weighted by molar-refractivity contribution is -0.139. The van der Waals surface area contributed by atoms with E-state index < -0.39 is 11.6 Å². The van der Waals surface area contributed by atoms with Gasteiger partial charge in [-0.3, -0.25) is 14.5 Å². The third-order valence-corrected chi connectivity index (χ3v) is 6.26. The van der Waals surface area contributed by atoms with Crippen molar-refractivity contribution in [3.05, 3.63) is 71.8 Å². The molecule has 0 unspecified atom stereocenters. The Balaban J connectivity index is 1.59. The molecule has 2 aromatic carbocycles. The molecular weight excluding hydrogens is 390 g/mol. The summed E-state index contributed by atoms with van der Waals surface area (Å²) in [5, 5.41) is 2.93. The van der Waals surface area contributed by atoms with E-state index in [-0.39, 0.29) is 18.4 Å². The molecule has 2 fully saturated rings. The van der Waals surface area contributed by atoms with Crippen molar-refractivity contribution in [1.29, 1.82) is 0 Å². The van der Waals surface area contributed by atoms with Crippen LogP contribution in [0.1, 0.15) is 43.2 Å². The van der Waals surface area contributed by atoms with Gasteiger partial charge in [0.25, 0.3) is 5.91 Å². The number of carbonyl (C=O) groups excluding carboxylic acids is 3. The first kappa shape index (κ1) is 21.1. The zero-order valence-corrected chi connectivity index (χ0v) is 17.8. The van der Waals surface area contributed by atoms with E-state index in [1.54, 1.807) is 4.90 Å². The van der Waals surface area contributed by atoms with Crippen LogP contribution in [0.2, 0.25) is 0 Å². The Morgan fingerprint density at radius 2 is 1.42 bits per heavy atom. The Morgan fingerprint density at radius 3 is 2.06 bits per heavy atom. The van der Waals surface area contributed by atoms with Crippen LogP contribution in [0.4, 0.5) is 4.79 Å². The predicted molar refractivity (Wildman–Crippen MR) is 118 cm³/mol. The molecule has 0 spiro atoms. The average Bonchev–Trinajstić information content (AvgIpc) is 3.00. The van der Waals surface area contributed by atoms with Crippen molar-refractivity contribution in [3.63, 3.8) is 0 Å². The van der Waals surface area contributed by atoms with Crippen LogP contribution in [0.25, 0.3) is 0 Å². The van der Waals surface area contributed by atoms with Gasteiger partial charge in [0, 0.05) is 19.5 Å². The van der Waals surface area contributed by atoms with Crippen molar-refractivity contribution in [2.75, 3.05) is 19.6 Å². The molecule has 6 nitrogen and oxygen atoms in total. The Morgan fingerprint density at radius 1 is 0.839 bits per heavy atom. The molecular formula is C25H29N3O3. The van der Waals surface area contributed by atoms with Crippen molar-refractivity contribution < 1.29 is 14.4 Å². The summed E-state index contributed by atoms with van der Waals surface area (Å²) < 4.78 is 0. The van der Waals surface area contributed by atoms with Crippen LogP contribution in [0.3, 0.4) is 0 Å². The van der Waals surface area contributed by atoms with Crippen molar-refractivity contribution in [2.45, 2.75) is 44.1 Å². The van der Waals surface area contributed by atoms with Gasteiger partial charge in [0.15, 0.2) is 5.54 Å². The van der Waals surface area contributed by atoms with E-state index in [0.717, 1.165) is 41.7 Å². The van der Waals surface area contributed by atoms with Gasteiger partial charge in [-0.15, -0.1) is 0 Å². The van der Waals surface area contributed by atoms with Gasteiger partial charge in [0.05, 0.1) is 0 Å². The number of amides is 4. The molecule has 1 atom stereocenters. The summed E-state index contributed by atoms with van der Waals surface area (Å²) in [4.78, 5) is 42.5. The lowest BCUT2D eigenvalue weighted by atomic mass is 9.83. The SMILES string of the molecule is O=C(CN1C(=O)N[C@@](Cc2ccccc2)(c2ccccc2)C1=O)N1CCCCCCC1. The number of hydrogen-bond donors (Lipinski definition) is 1. The molecule has 2 aliphatic rings. The molecule has 1 N–H and O–H groups in total. The fraction of sp³-hybridized carbons (Fsp3) is 0.400. The minimum absolute atomic E-state index is 0.158. The summed E-state index contributed by atoms with van der Waals surface area (Å²) in [5.74, 6) is -0.526. The topological polar surface area (TPSA) is 69.7 Å². The van der Waals surface area contributed by atoms with Crippen LogP contribution in [-0.4, -0.2) is 47.3 Å². The molecule has 2 aliphatic heterocycles. The second-order valence-electron chi connectivity index (χ2n) is 8.40. The highest BCUT2D eigenvalue weighted by Crippen LogP contribution is 2.33. The number of hydrogen-bond acceptors (Lipinski definition) is 3. The zero-order chi connectivity index (χ0) is 21.7. The monoisotopic (exact) mass is 419 g/mol.